The van der Waals surface area contributed by atoms with Gasteiger partial charge in [-0.15, -0.1) is 13.2 Å². The summed E-state index contributed by atoms with van der Waals surface area (Å²) < 4.78 is 47.2. The standard InChI is InChI=1S/C18H15F3N4O3.C2H4O2/c19-18(20,21)28-15-6-1-3-10-13(7-8-27-16(10)15)24-17(26)23-12-4-2-5-14-11(12)9-22-25-14;1-2(3)4/h1-6,9,13H,7-8H2,(H,22,25)(H2,23,24,26);1H3,(H,3,4). The molecule has 0 bridgehead atoms. The lowest BCUT2D eigenvalue weighted by Crippen LogP contribution is -2.35. The van der Waals surface area contributed by atoms with Gasteiger partial charge in [-0.25, -0.2) is 4.79 Å². The molecule has 12 heteroatoms. The fourth-order valence-corrected chi connectivity index (χ4v) is 3.14. The lowest BCUT2D eigenvalue weighted by molar-refractivity contribution is -0.275. The normalized spacial score (nSPS) is 14.9. The van der Waals surface area contributed by atoms with E-state index in [0.29, 0.717) is 17.7 Å². The molecule has 0 saturated heterocycles. The smallest absolute Gasteiger partial charge is 0.489 e. The van der Waals surface area contributed by atoms with Gasteiger partial charge in [0.05, 0.1) is 30.0 Å². The SMILES string of the molecule is CC(=O)O.O=C(Nc1cccc2[nH]ncc12)NC1CCOc2c(OC(F)(F)F)cccc21. The predicted molar refractivity (Wildman–Crippen MR) is 108 cm³/mol. The maximum atomic E-state index is 12.6. The molecule has 1 unspecified atom stereocenters. The van der Waals surface area contributed by atoms with Crippen LogP contribution in [0.2, 0.25) is 0 Å². The van der Waals surface area contributed by atoms with E-state index in [1.165, 1.54) is 12.1 Å². The van der Waals surface area contributed by atoms with Crippen molar-refractivity contribution in [1.29, 1.82) is 0 Å². The van der Waals surface area contributed by atoms with Crippen LogP contribution in [-0.4, -0.2) is 40.3 Å². The molecule has 0 saturated carbocycles. The molecule has 1 aliphatic rings. The van der Waals surface area contributed by atoms with Gasteiger partial charge in [-0.2, -0.15) is 5.10 Å². The molecule has 1 aliphatic heterocycles. The first kappa shape index (κ1) is 22.7. The Kier molecular flexibility index (Phi) is 6.71. The van der Waals surface area contributed by atoms with Crippen molar-refractivity contribution in [3.05, 3.63) is 48.2 Å². The largest absolute Gasteiger partial charge is 0.573 e. The summed E-state index contributed by atoms with van der Waals surface area (Å²) in [4.78, 5) is 21.5. The number of aromatic amines is 1. The van der Waals surface area contributed by atoms with Gasteiger partial charge in [0.15, 0.2) is 11.5 Å². The topological polar surface area (TPSA) is 126 Å². The van der Waals surface area contributed by atoms with Crippen LogP contribution in [0.1, 0.15) is 24.9 Å². The Balaban J connectivity index is 0.000000668. The molecule has 0 aliphatic carbocycles. The number of aromatic nitrogens is 2. The van der Waals surface area contributed by atoms with Gasteiger partial charge in [0.2, 0.25) is 0 Å². The first-order valence-electron chi connectivity index (χ1n) is 9.34. The van der Waals surface area contributed by atoms with Crippen LogP contribution in [0.3, 0.4) is 0 Å². The van der Waals surface area contributed by atoms with Crippen molar-refractivity contribution in [2.45, 2.75) is 25.7 Å². The summed E-state index contributed by atoms with van der Waals surface area (Å²) >= 11 is 0. The zero-order valence-electron chi connectivity index (χ0n) is 16.7. The maximum Gasteiger partial charge on any atom is 0.573 e. The second-order valence-corrected chi connectivity index (χ2v) is 6.67. The van der Waals surface area contributed by atoms with E-state index in [2.05, 4.69) is 25.6 Å². The minimum absolute atomic E-state index is 0.0201. The van der Waals surface area contributed by atoms with Crippen molar-refractivity contribution in [1.82, 2.24) is 15.5 Å². The van der Waals surface area contributed by atoms with Crippen LogP contribution in [0, 0.1) is 0 Å². The minimum Gasteiger partial charge on any atom is -0.489 e. The van der Waals surface area contributed by atoms with E-state index in [9.17, 15) is 18.0 Å². The molecule has 9 nitrogen and oxygen atoms in total. The van der Waals surface area contributed by atoms with Crippen molar-refractivity contribution in [2.75, 3.05) is 11.9 Å². The Morgan fingerprint density at radius 2 is 1.97 bits per heavy atom. The summed E-state index contributed by atoms with van der Waals surface area (Å²) in [5, 5.41) is 20.4. The fourth-order valence-electron chi connectivity index (χ4n) is 3.14. The number of urea groups is 1. The number of anilines is 1. The summed E-state index contributed by atoms with van der Waals surface area (Å²) in [6, 6.07) is 8.49. The number of benzene rings is 2. The van der Waals surface area contributed by atoms with Crippen molar-refractivity contribution in [2.24, 2.45) is 0 Å². The van der Waals surface area contributed by atoms with Gasteiger partial charge in [0, 0.05) is 24.3 Å². The Morgan fingerprint density at radius 1 is 1.25 bits per heavy atom. The third-order valence-electron chi connectivity index (χ3n) is 4.30. The number of alkyl halides is 3. The zero-order chi connectivity index (χ0) is 23.3. The van der Waals surface area contributed by atoms with E-state index in [4.69, 9.17) is 14.6 Å². The lowest BCUT2D eigenvalue weighted by atomic mass is 10.00. The number of halogens is 3. The van der Waals surface area contributed by atoms with Crippen molar-refractivity contribution >= 4 is 28.6 Å². The monoisotopic (exact) mass is 452 g/mol. The van der Waals surface area contributed by atoms with Crippen LogP contribution in [-0.2, 0) is 4.79 Å². The van der Waals surface area contributed by atoms with Gasteiger partial charge in [-0.05, 0) is 18.2 Å². The molecular formula is C20H19F3N4O5. The van der Waals surface area contributed by atoms with Crippen LogP contribution < -0.4 is 20.1 Å². The van der Waals surface area contributed by atoms with E-state index in [0.717, 1.165) is 17.8 Å². The number of carboxylic acids is 1. The van der Waals surface area contributed by atoms with Gasteiger partial charge < -0.3 is 25.2 Å². The van der Waals surface area contributed by atoms with E-state index >= 15 is 0 Å². The lowest BCUT2D eigenvalue weighted by Gasteiger charge is -2.28. The molecule has 2 aromatic carbocycles. The van der Waals surface area contributed by atoms with Gasteiger partial charge in [-0.1, -0.05) is 18.2 Å². The molecule has 2 amide bonds. The third kappa shape index (κ3) is 5.80. The number of carbonyl (C=O) groups excluding carboxylic acids is 1. The molecule has 1 aromatic heterocycles. The highest BCUT2D eigenvalue weighted by molar-refractivity contribution is 6.00. The first-order valence-corrected chi connectivity index (χ1v) is 9.34. The van der Waals surface area contributed by atoms with Crippen LogP contribution in [0.25, 0.3) is 10.9 Å². The summed E-state index contributed by atoms with van der Waals surface area (Å²) in [7, 11) is 0. The molecule has 0 radical (unpaired) electrons. The van der Waals surface area contributed by atoms with Crippen LogP contribution >= 0.6 is 0 Å². The molecule has 0 spiro atoms. The molecule has 3 aromatic rings. The minimum atomic E-state index is -4.83. The number of ether oxygens (including phenoxy) is 2. The number of fused-ring (bicyclic) bond motifs is 2. The summed E-state index contributed by atoms with van der Waals surface area (Å²) in [5.74, 6) is -1.28. The summed E-state index contributed by atoms with van der Waals surface area (Å²) in [5.41, 5.74) is 1.75. The predicted octanol–water partition coefficient (Wildman–Crippen LogP) is 4.20. The van der Waals surface area contributed by atoms with Crippen LogP contribution in [0.5, 0.6) is 11.5 Å². The Labute approximate surface area is 179 Å². The van der Waals surface area contributed by atoms with Crippen molar-refractivity contribution in [3.63, 3.8) is 0 Å². The van der Waals surface area contributed by atoms with Crippen molar-refractivity contribution < 1.29 is 37.3 Å². The van der Waals surface area contributed by atoms with E-state index in [1.54, 1.807) is 24.4 Å². The molecule has 32 heavy (non-hydrogen) atoms. The fraction of sp³-hybridized carbons (Fsp3) is 0.250. The van der Waals surface area contributed by atoms with Gasteiger partial charge in [-0.3, -0.25) is 9.89 Å². The van der Waals surface area contributed by atoms with E-state index in [-0.39, 0.29) is 12.4 Å². The first-order chi connectivity index (χ1) is 15.1. The van der Waals surface area contributed by atoms with E-state index in [1.807, 2.05) is 6.07 Å². The molecule has 170 valence electrons. The van der Waals surface area contributed by atoms with Gasteiger partial charge in [0.1, 0.15) is 0 Å². The quantitative estimate of drug-likeness (QED) is 0.472. The van der Waals surface area contributed by atoms with Gasteiger partial charge >= 0.3 is 12.4 Å². The number of hydrogen-bond acceptors (Lipinski definition) is 5. The average Bonchev–Trinajstić information content (AvgIpc) is 3.17. The number of aliphatic carboxylic acids is 1. The molecule has 2 heterocycles. The molecule has 0 fully saturated rings. The summed E-state index contributed by atoms with van der Waals surface area (Å²) in [6.07, 6.45) is -2.83. The molecule has 4 rings (SSSR count). The van der Waals surface area contributed by atoms with Crippen LogP contribution in [0.15, 0.2) is 42.6 Å². The number of carbonyl (C=O) groups is 2. The Hall–Kier alpha value is -3.96. The molecule has 1 atom stereocenters. The Morgan fingerprint density at radius 3 is 2.69 bits per heavy atom. The number of nitrogens with one attached hydrogen (secondary N) is 3. The highest BCUT2D eigenvalue weighted by Crippen LogP contribution is 2.41. The summed E-state index contributed by atoms with van der Waals surface area (Å²) in [6.45, 7) is 1.23. The number of nitrogens with zero attached hydrogens (tertiary/aromatic N) is 1. The zero-order valence-corrected chi connectivity index (χ0v) is 16.7. The average molecular weight is 452 g/mol. The maximum absolute atomic E-state index is 12.6. The number of hydrogen-bond donors (Lipinski definition) is 4. The third-order valence-corrected chi connectivity index (χ3v) is 4.30. The van der Waals surface area contributed by atoms with Gasteiger partial charge in [0.25, 0.3) is 5.97 Å². The van der Waals surface area contributed by atoms with E-state index < -0.39 is 30.2 Å². The van der Waals surface area contributed by atoms with Crippen LogP contribution in [0.4, 0.5) is 23.7 Å². The molecular weight excluding hydrogens is 433 g/mol. The molecule has 4 N–H and O–H groups in total. The number of amides is 2. The highest BCUT2D eigenvalue weighted by atomic mass is 19.4. The Bertz CT molecular complexity index is 1110. The number of carboxylic acid groups (broad SMARTS) is 1. The highest BCUT2D eigenvalue weighted by Gasteiger charge is 2.34. The number of para-hydroxylation sites is 1. The second-order valence-electron chi connectivity index (χ2n) is 6.67. The van der Waals surface area contributed by atoms with Crippen molar-refractivity contribution in [3.8, 4) is 11.5 Å². The number of H-pyrrole nitrogens is 1. The second kappa shape index (κ2) is 9.45. The number of rotatable bonds is 3.